The lowest BCUT2D eigenvalue weighted by atomic mass is 9.93. The van der Waals surface area contributed by atoms with E-state index in [0.29, 0.717) is 22.4 Å². The lowest BCUT2D eigenvalue weighted by Crippen LogP contribution is -2.40. The summed E-state index contributed by atoms with van der Waals surface area (Å²) in [6.07, 6.45) is 4.95. The molecule has 42 heavy (non-hydrogen) atoms. The van der Waals surface area contributed by atoms with Crippen molar-refractivity contribution in [1.29, 1.82) is 0 Å². The third-order valence-electron chi connectivity index (χ3n) is 9.37. The first kappa shape index (κ1) is 29.0. The van der Waals surface area contributed by atoms with Crippen LogP contribution in [0.1, 0.15) is 54.4 Å². The van der Waals surface area contributed by atoms with Gasteiger partial charge in [0.15, 0.2) is 0 Å². The number of amides is 1. The molecule has 4 aliphatic rings. The van der Waals surface area contributed by atoms with Crippen molar-refractivity contribution in [2.75, 3.05) is 76.9 Å². The second-order valence-electron chi connectivity index (χ2n) is 12.3. The van der Waals surface area contributed by atoms with Gasteiger partial charge in [-0.15, -0.1) is 0 Å². The predicted octanol–water partition coefficient (Wildman–Crippen LogP) is 4.28. The number of halogens is 2. The number of rotatable bonds is 8. The predicted molar refractivity (Wildman–Crippen MR) is 162 cm³/mol. The number of fused-ring (bicyclic) bond motifs is 1. The molecule has 1 aliphatic carbocycles. The number of likely N-dealkylation sites (N-methyl/N-ethyl adjacent to an activating group) is 1. The van der Waals surface area contributed by atoms with Gasteiger partial charge in [0.25, 0.3) is 11.8 Å². The topological polar surface area (TPSA) is 105 Å². The summed E-state index contributed by atoms with van der Waals surface area (Å²) in [6, 6.07) is 8.77. The van der Waals surface area contributed by atoms with Crippen molar-refractivity contribution in [2.24, 2.45) is 5.41 Å². The van der Waals surface area contributed by atoms with E-state index in [2.05, 4.69) is 19.8 Å². The van der Waals surface area contributed by atoms with E-state index in [-0.39, 0.29) is 31.8 Å². The van der Waals surface area contributed by atoms with Crippen molar-refractivity contribution in [2.45, 2.75) is 50.9 Å². The van der Waals surface area contributed by atoms with Crippen LogP contribution in [-0.4, -0.2) is 77.5 Å². The minimum Gasteiger partial charge on any atom is -0.395 e. The Morgan fingerprint density at radius 3 is 2.26 bits per heavy atom. The summed E-state index contributed by atoms with van der Waals surface area (Å²) >= 11 is 0. The van der Waals surface area contributed by atoms with E-state index in [1.54, 1.807) is 18.2 Å². The first-order chi connectivity index (χ1) is 20.0. The van der Waals surface area contributed by atoms with E-state index in [4.69, 9.17) is 5.11 Å². The van der Waals surface area contributed by atoms with E-state index in [1.165, 1.54) is 12.8 Å². The van der Waals surface area contributed by atoms with Crippen LogP contribution in [0.15, 0.2) is 30.3 Å². The van der Waals surface area contributed by atoms with Gasteiger partial charge < -0.3 is 25.1 Å². The van der Waals surface area contributed by atoms with E-state index >= 15 is 0 Å². The molecule has 228 valence electrons. The van der Waals surface area contributed by atoms with Gasteiger partial charge in [-0.05, 0) is 73.4 Å². The standard InChI is InChI=1S/C30H39F2N5O4S/c1-35-11-4-21-18-22(19-26(27(21)35)37-14-9-30(31,32)10-15-37)28(39)33-24-3-2-23(34-42(40,41)17-16-38)20-25(24)36-12-7-29(5-6-29)8-13-36/h2-3,18-20,34,38H,4-17H2,1H3,(H,33,39). The number of sulfonamides is 1. The molecular weight excluding hydrogens is 564 g/mol. The summed E-state index contributed by atoms with van der Waals surface area (Å²) in [5, 5.41) is 12.2. The molecule has 2 aromatic rings. The molecule has 12 heteroatoms. The monoisotopic (exact) mass is 603 g/mol. The number of alkyl halides is 2. The fourth-order valence-electron chi connectivity index (χ4n) is 6.56. The largest absolute Gasteiger partial charge is 0.395 e. The fourth-order valence-corrected chi connectivity index (χ4v) is 7.39. The highest BCUT2D eigenvalue weighted by atomic mass is 32.2. The molecule has 3 N–H and O–H groups in total. The number of aliphatic hydroxyl groups is 1. The molecule has 1 saturated carbocycles. The first-order valence-corrected chi connectivity index (χ1v) is 16.4. The molecule has 3 heterocycles. The van der Waals surface area contributed by atoms with Gasteiger partial charge in [0.2, 0.25) is 10.0 Å². The molecule has 0 bridgehead atoms. The molecule has 2 aromatic carbocycles. The van der Waals surface area contributed by atoms with Crippen LogP contribution in [0.5, 0.6) is 0 Å². The molecule has 9 nitrogen and oxygen atoms in total. The van der Waals surface area contributed by atoms with Gasteiger partial charge in [0.05, 0.1) is 40.8 Å². The van der Waals surface area contributed by atoms with Crippen LogP contribution < -0.4 is 24.7 Å². The van der Waals surface area contributed by atoms with Crippen molar-refractivity contribution in [1.82, 2.24) is 0 Å². The highest BCUT2D eigenvalue weighted by Gasteiger charge is 2.44. The Morgan fingerprint density at radius 1 is 0.929 bits per heavy atom. The molecular formula is C30H39F2N5O4S. The number of benzene rings is 2. The van der Waals surface area contributed by atoms with Crippen molar-refractivity contribution in [3.05, 3.63) is 41.5 Å². The minimum atomic E-state index is -3.71. The van der Waals surface area contributed by atoms with Crippen LogP contribution in [0.2, 0.25) is 0 Å². The number of nitrogens with zero attached hydrogens (tertiary/aromatic N) is 3. The Balaban J connectivity index is 1.29. The number of hydrogen-bond donors (Lipinski definition) is 3. The summed E-state index contributed by atoms with van der Waals surface area (Å²) in [5.74, 6) is -3.37. The Hall–Kier alpha value is -3.12. The number of nitrogens with one attached hydrogen (secondary N) is 2. The second-order valence-corrected chi connectivity index (χ2v) is 14.2. The maximum Gasteiger partial charge on any atom is 0.255 e. The van der Waals surface area contributed by atoms with Gasteiger partial charge >= 0.3 is 0 Å². The molecule has 0 atom stereocenters. The van der Waals surface area contributed by atoms with Crippen LogP contribution in [0.4, 0.5) is 37.2 Å². The molecule has 0 unspecified atom stereocenters. The van der Waals surface area contributed by atoms with Crippen molar-refractivity contribution in [3.63, 3.8) is 0 Å². The van der Waals surface area contributed by atoms with Crippen LogP contribution >= 0.6 is 0 Å². The number of carbonyl (C=O) groups is 1. The van der Waals surface area contributed by atoms with Crippen molar-refractivity contribution >= 4 is 44.4 Å². The van der Waals surface area contributed by atoms with Gasteiger partial charge in [0, 0.05) is 58.2 Å². The third-order valence-corrected chi connectivity index (χ3v) is 10.6. The fraction of sp³-hybridized carbons (Fsp3) is 0.567. The number of carbonyl (C=O) groups excluding carboxylic acids is 1. The number of piperidine rings is 2. The van der Waals surface area contributed by atoms with Gasteiger partial charge in [-0.1, -0.05) is 0 Å². The zero-order valence-corrected chi connectivity index (χ0v) is 24.8. The average molecular weight is 604 g/mol. The molecule has 0 radical (unpaired) electrons. The van der Waals surface area contributed by atoms with E-state index in [9.17, 15) is 22.0 Å². The van der Waals surface area contributed by atoms with Gasteiger partial charge in [-0.3, -0.25) is 9.52 Å². The molecule has 2 saturated heterocycles. The molecule has 0 aromatic heterocycles. The Labute approximate surface area is 245 Å². The summed E-state index contributed by atoms with van der Waals surface area (Å²) in [6.45, 7) is 2.39. The van der Waals surface area contributed by atoms with E-state index < -0.39 is 28.3 Å². The highest BCUT2D eigenvalue weighted by molar-refractivity contribution is 7.92. The maximum atomic E-state index is 13.9. The van der Waals surface area contributed by atoms with E-state index in [1.807, 2.05) is 24.1 Å². The normalized spacial score (nSPS) is 20.9. The third kappa shape index (κ3) is 6.01. The SMILES string of the molecule is CN1CCc2cc(C(=O)Nc3ccc(NS(=O)(=O)CCO)cc3N3CCC4(CC3)CC4)cc(N3CCC(F)(F)CC3)c21. The van der Waals surface area contributed by atoms with Crippen molar-refractivity contribution < 1.29 is 27.1 Å². The molecule has 6 rings (SSSR count). The summed E-state index contributed by atoms with van der Waals surface area (Å²) < 4.78 is 55.1. The average Bonchev–Trinajstić information content (AvgIpc) is 3.59. The van der Waals surface area contributed by atoms with Crippen LogP contribution in [0, 0.1) is 5.41 Å². The van der Waals surface area contributed by atoms with Crippen LogP contribution in [-0.2, 0) is 16.4 Å². The lowest BCUT2D eigenvalue weighted by Gasteiger charge is -2.36. The zero-order valence-electron chi connectivity index (χ0n) is 24.0. The Kier molecular flexibility index (Phi) is 7.49. The van der Waals surface area contributed by atoms with Gasteiger partial charge in [-0.2, -0.15) is 0 Å². The number of aliphatic hydroxyl groups excluding tert-OH is 1. The molecule has 1 spiro atoms. The summed E-state index contributed by atoms with van der Waals surface area (Å²) in [7, 11) is -1.73. The van der Waals surface area contributed by atoms with Crippen molar-refractivity contribution in [3.8, 4) is 0 Å². The number of hydrogen-bond acceptors (Lipinski definition) is 7. The van der Waals surface area contributed by atoms with E-state index in [0.717, 1.165) is 61.5 Å². The quantitative estimate of drug-likeness (QED) is 0.414. The zero-order chi connectivity index (χ0) is 29.7. The Morgan fingerprint density at radius 2 is 1.60 bits per heavy atom. The summed E-state index contributed by atoms with van der Waals surface area (Å²) in [5.41, 5.74) is 5.42. The van der Waals surface area contributed by atoms with Gasteiger partial charge in [-0.25, -0.2) is 17.2 Å². The number of anilines is 5. The minimum absolute atomic E-state index is 0.212. The van der Waals surface area contributed by atoms with Gasteiger partial charge in [0.1, 0.15) is 0 Å². The highest BCUT2D eigenvalue weighted by Crippen LogP contribution is 2.54. The molecule has 3 aliphatic heterocycles. The maximum absolute atomic E-state index is 13.9. The Bertz CT molecular complexity index is 1460. The second kappa shape index (κ2) is 10.9. The van der Waals surface area contributed by atoms with Crippen LogP contribution in [0.25, 0.3) is 0 Å². The summed E-state index contributed by atoms with van der Waals surface area (Å²) in [4.78, 5) is 20.0. The van der Waals surface area contributed by atoms with Crippen LogP contribution in [0.3, 0.4) is 0 Å². The molecule has 3 fully saturated rings. The smallest absolute Gasteiger partial charge is 0.255 e. The molecule has 1 amide bonds. The lowest BCUT2D eigenvalue weighted by molar-refractivity contribution is -0.0220. The first-order valence-electron chi connectivity index (χ1n) is 14.8.